The predicted octanol–water partition coefficient (Wildman–Crippen LogP) is 2.73. The van der Waals surface area contributed by atoms with Gasteiger partial charge in [-0.05, 0) is 44.1 Å². The van der Waals surface area contributed by atoms with Crippen molar-refractivity contribution in [1.29, 1.82) is 0 Å². The Balaban J connectivity index is 2.74. The maximum absolute atomic E-state index is 6.10. The summed E-state index contributed by atoms with van der Waals surface area (Å²) in [7, 11) is 2.26. The van der Waals surface area contributed by atoms with Crippen LogP contribution in [0, 0.1) is 17.8 Å². The summed E-state index contributed by atoms with van der Waals surface area (Å²) in [5, 5.41) is 0. The molecule has 2 nitrogen and oxygen atoms in total. The first-order valence-corrected chi connectivity index (χ1v) is 6.81. The summed E-state index contributed by atoms with van der Waals surface area (Å²) in [6.07, 6.45) is 3.92. The van der Waals surface area contributed by atoms with Gasteiger partial charge in [-0.25, -0.2) is 0 Å². The average Bonchev–Trinajstić information content (AvgIpc) is 2.14. The van der Waals surface area contributed by atoms with Gasteiger partial charge in [-0.1, -0.05) is 27.7 Å². The van der Waals surface area contributed by atoms with E-state index in [1.54, 1.807) is 0 Å². The molecule has 1 rings (SSSR count). The number of rotatable bonds is 4. The van der Waals surface area contributed by atoms with Crippen LogP contribution >= 0.6 is 0 Å². The Morgan fingerprint density at radius 1 is 1.25 bits per heavy atom. The zero-order valence-corrected chi connectivity index (χ0v) is 11.8. The van der Waals surface area contributed by atoms with Crippen molar-refractivity contribution in [3.8, 4) is 0 Å². The van der Waals surface area contributed by atoms with E-state index >= 15 is 0 Å². The van der Waals surface area contributed by atoms with Crippen molar-refractivity contribution in [3.05, 3.63) is 0 Å². The summed E-state index contributed by atoms with van der Waals surface area (Å²) in [5.74, 6) is 2.37. The van der Waals surface area contributed by atoms with Crippen molar-refractivity contribution in [2.45, 2.75) is 52.5 Å². The van der Waals surface area contributed by atoms with Crippen LogP contribution in [0.25, 0.3) is 0 Å². The second-order valence-electron chi connectivity index (χ2n) is 6.56. The molecule has 0 aliphatic heterocycles. The molecule has 1 aliphatic carbocycles. The second kappa shape index (κ2) is 5.50. The summed E-state index contributed by atoms with van der Waals surface area (Å²) in [5.41, 5.74) is 6.36. The molecule has 96 valence electrons. The lowest BCUT2D eigenvalue weighted by Gasteiger charge is -2.48. The van der Waals surface area contributed by atoms with Gasteiger partial charge in [-0.2, -0.15) is 0 Å². The Morgan fingerprint density at radius 3 is 2.12 bits per heavy atom. The molecule has 0 heterocycles. The van der Waals surface area contributed by atoms with E-state index in [9.17, 15) is 0 Å². The van der Waals surface area contributed by atoms with Crippen LogP contribution < -0.4 is 5.73 Å². The number of hydrogen-bond donors (Lipinski definition) is 1. The quantitative estimate of drug-likeness (QED) is 0.798. The Morgan fingerprint density at radius 2 is 1.75 bits per heavy atom. The molecular weight excluding hydrogens is 196 g/mol. The lowest BCUT2D eigenvalue weighted by atomic mass is 9.70. The summed E-state index contributed by atoms with van der Waals surface area (Å²) < 4.78 is 0. The number of nitrogens with two attached hydrogens (primary N) is 1. The third-order valence-electron chi connectivity index (χ3n) is 4.09. The molecule has 0 aromatic rings. The third-order valence-corrected chi connectivity index (χ3v) is 4.09. The molecule has 0 amide bonds. The van der Waals surface area contributed by atoms with Gasteiger partial charge in [0.1, 0.15) is 0 Å². The van der Waals surface area contributed by atoms with Gasteiger partial charge in [0, 0.05) is 18.6 Å². The summed E-state index contributed by atoms with van der Waals surface area (Å²) in [6, 6.07) is 0. The first-order chi connectivity index (χ1) is 7.39. The second-order valence-corrected chi connectivity index (χ2v) is 6.56. The largest absolute Gasteiger partial charge is 0.329 e. The van der Waals surface area contributed by atoms with Gasteiger partial charge in [0.2, 0.25) is 0 Å². The van der Waals surface area contributed by atoms with Gasteiger partial charge in [0.25, 0.3) is 0 Å². The van der Waals surface area contributed by atoms with Gasteiger partial charge in [-0.3, -0.25) is 4.90 Å². The van der Waals surface area contributed by atoms with E-state index in [-0.39, 0.29) is 5.54 Å². The highest BCUT2D eigenvalue weighted by Crippen LogP contribution is 2.38. The Kier molecular flexibility index (Phi) is 4.81. The van der Waals surface area contributed by atoms with Crippen molar-refractivity contribution in [2.75, 3.05) is 20.1 Å². The molecule has 16 heavy (non-hydrogen) atoms. The van der Waals surface area contributed by atoms with Gasteiger partial charge in [0.15, 0.2) is 0 Å². The highest BCUT2D eigenvalue weighted by molar-refractivity contribution is 4.96. The smallest absolute Gasteiger partial charge is 0.0333 e. The number of nitrogens with zero attached hydrogens (tertiary/aromatic N) is 1. The summed E-state index contributed by atoms with van der Waals surface area (Å²) >= 11 is 0. The van der Waals surface area contributed by atoms with Crippen LogP contribution in [-0.2, 0) is 0 Å². The van der Waals surface area contributed by atoms with Crippen LogP contribution in [0.1, 0.15) is 47.0 Å². The van der Waals surface area contributed by atoms with E-state index < -0.39 is 0 Å². The highest BCUT2D eigenvalue weighted by Gasteiger charge is 2.39. The predicted molar refractivity (Wildman–Crippen MR) is 71.4 cm³/mol. The number of likely N-dealkylation sites (N-methyl/N-ethyl adjacent to an activating group) is 1. The van der Waals surface area contributed by atoms with Crippen LogP contribution in [0.3, 0.4) is 0 Å². The normalized spacial score (nSPS) is 36.0. The highest BCUT2D eigenvalue weighted by atomic mass is 15.2. The van der Waals surface area contributed by atoms with Crippen LogP contribution in [0.2, 0.25) is 0 Å². The van der Waals surface area contributed by atoms with Crippen molar-refractivity contribution in [1.82, 2.24) is 4.90 Å². The van der Waals surface area contributed by atoms with E-state index in [0.717, 1.165) is 30.8 Å². The molecule has 2 heteroatoms. The molecule has 0 radical (unpaired) electrons. The average molecular weight is 226 g/mol. The molecule has 1 saturated carbocycles. The first-order valence-electron chi connectivity index (χ1n) is 6.81. The van der Waals surface area contributed by atoms with E-state index in [1.807, 2.05) is 0 Å². The Labute approximate surface area is 102 Å². The summed E-state index contributed by atoms with van der Waals surface area (Å²) in [4.78, 5) is 2.53. The third kappa shape index (κ3) is 3.21. The molecule has 0 saturated heterocycles. The van der Waals surface area contributed by atoms with Gasteiger partial charge in [0.05, 0.1) is 0 Å². The van der Waals surface area contributed by atoms with Gasteiger partial charge in [-0.15, -0.1) is 0 Å². The molecule has 0 aromatic carbocycles. The van der Waals surface area contributed by atoms with Crippen LogP contribution in [-0.4, -0.2) is 30.6 Å². The molecule has 0 bridgehead atoms. The SMILES string of the molecule is CC(C)CN(C)C1(CN)CC(C)CC(C)C1. The molecule has 0 aromatic heterocycles. The fraction of sp³-hybridized carbons (Fsp3) is 1.00. The number of hydrogen-bond acceptors (Lipinski definition) is 2. The molecule has 2 N–H and O–H groups in total. The zero-order chi connectivity index (χ0) is 12.3. The molecule has 1 aliphatic rings. The molecular formula is C14H30N2. The summed E-state index contributed by atoms with van der Waals surface area (Å²) in [6.45, 7) is 11.3. The fourth-order valence-electron chi connectivity index (χ4n) is 3.61. The Bertz CT molecular complexity index is 203. The zero-order valence-electron chi connectivity index (χ0n) is 11.8. The minimum Gasteiger partial charge on any atom is -0.329 e. The maximum Gasteiger partial charge on any atom is 0.0333 e. The van der Waals surface area contributed by atoms with Crippen molar-refractivity contribution in [3.63, 3.8) is 0 Å². The fourth-order valence-corrected chi connectivity index (χ4v) is 3.61. The standard InChI is InChI=1S/C14H30N2/c1-11(2)9-16(5)14(10-15)7-12(3)6-13(4)8-14/h11-13H,6-10,15H2,1-5H3. The van der Waals surface area contributed by atoms with Gasteiger partial charge >= 0.3 is 0 Å². The maximum atomic E-state index is 6.10. The molecule has 2 atom stereocenters. The van der Waals surface area contributed by atoms with E-state index in [2.05, 4.69) is 39.6 Å². The van der Waals surface area contributed by atoms with Crippen molar-refractivity contribution in [2.24, 2.45) is 23.5 Å². The molecule has 0 spiro atoms. The minimum atomic E-state index is 0.265. The minimum absolute atomic E-state index is 0.265. The van der Waals surface area contributed by atoms with Crippen LogP contribution in [0.5, 0.6) is 0 Å². The van der Waals surface area contributed by atoms with Crippen molar-refractivity contribution >= 4 is 0 Å². The topological polar surface area (TPSA) is 29.3 Å². The van der Waals surface area contributed by atoms with Gasteiger partial charge < -0.3 is 5.73 Å². The monoisotopic (exact) mass is 226 g/mol. The Hall–Kier alpha value is -0.0800. The van der Waals surface area contributed by atoms with Crippen molar-refractivity contribution < 1.29 is 0 Å². The molecule has 1 fully saturated rings. The lowest BCUT2D eigenvalue weighted by Crippen LogP contribution is -2.56. The lowest BCUT2D eigenvalue weighted by molar-refractivity contribution is 0.0314. The van der Waals surface area contributed by atoms with Crippen LogP contribution in [0.4, 0.5) is 0 Å². The van der Waals surface area contributed by atoms with E-state index in [4.69, 9.17) is 5.73 Å². The molecule has 2 unspecified atom stereocenters. The first kappa shape index (κ1) is 14.0. The van der Waals surface area contributed by atoms with Crippen LogP contribution in [0.15, 0.2) is 0 Å². The van der Waals surface area contributed by atoms with E-state index in [0.29, 0.717) is 0 Å². The van der Waals surface area contributed by atoms with E-state index in [1.165, 1.54) is 19.3 Å².